The van der Waals surface area contributed by atoms with Crippen molar-refractivity contribution in [2.75, 3.05) is 7.11 Å². The van der Waals surface area contributed by atoms with Gasteiger partial charge in [-0.3, -0.25) is 8.75 Å². The number of carbonyl (C=O) groups is 1. The number of esters is 1. The average molecular weight is 440 g/mol. The molecule has 30 heavy (non-hydrogen) atoms. The van der Waals surface area contributed by atoms with Crippen molar-refractivity contribution < 1.29 is 14.3 Å². The van der Waals surface area contributed by atoms with Crippen LogP contribution in [0.25, 0.3) is 21.2 Å². The van der Waals surface area contributed by atoms with Crippen LogP contribution in [0.1, 0.15) is 15.9 Å². The summed E-state index contributed by atoms with van der Waals surface area (Å²) in [7, 11) is 3.08. The van der Waals surface area contributed by atoms with E-state index in [1.165, 1.54) is 18.6 Å². The van der Waals surface area contributed by atoms with Crippen LogP contribution in [0.5, 0.6) is 5.75 Å². The van der Waals surface area contributed by atoms with Crippen molar-refractivity contribution in [3.8, 4) is 16.9 Å². The van der Waals surface area contributed by atoms with Gasteiger partial charge in [-0.15, -0.1) is 0 Å². The monoisotopic (exact) mass is 439 g/mol. The van der Waals surface area contributed by atoms with Gasteiger partial charge in [0.05, 0.1) is 27.8 Å². The fourth-order valence-corrected chi connectivity index (χ4v) is 4.28. The standard InChI is InChI=1S/C23H18ClNO4S/c1-25-22(26)18-8-7-17(12-21(18)30-25)29-13-14-4-3-5-15(10-14)16-6-9-20(24)19(11-16)23(27)28-2/h3-12H,13H2,1-2H3. The zero-order valence-electron chi connectivity index (χ0n) is 16.3. The van der Waals surface area contributed by atoms with E-state index in [2.05, 4.69) is 0 Å². The smallest absolute Gasteiger partial charge is 0.339 e. The number of carbonyl (C=O) groups excluding carboxylic acids is 1. The van der Waals surface area contributed by atoms with Crippen LogP contribution in [-0.4, -0.2) is 17.0 Å². The minimum atomic E-state index is -0.472. The molecular weight excluding hydrogens is 422 g/mol. The first-order valence-corrected chi connectivity index (χ1v) is 10.3. The van der Waals surface area contributed by atoms with Crippen LogP contribution >= 0.6 is 23.1 Å². The lowest BCUT2D eigenvalue weighted by Crippen LogP contribution is -2.07. The lowest BCUT2D eigenvalue weighted by Gasteiger charge is -2.10. The molecule has 0 aliphatic heterocycles. The topological polar surface area (TPSA) is 57.5 Å². The molecule has 152 valence electrons. The zero-order valence-corrected chi connectivity index (χ0v) is 17.9. The Bertz CT molecular complexity index is 1310. The van der Waals surface area contributed by atoms with Crippen molar-refractivity contribution in [2.24, 2.45) is 7.05 Å². The molecule has 0 bridgehead atoms. The maximum absolute atomic E-state index is 12.0. The molecule has 0 fully saturated rings. The number of nitrogens with zero attached hydrogens (tertiary/aromatic N) is 1. The molecule has 0 spiro atoms. The van der Waals surface area contributed by atoms with Crippen molar-refractivity contribution in [1.82, 2.24) is 3.96 Å². The Balaban J connectivity index is 1.56. The Morgan fingerprint density at radius 3 is 2.67 bits per heavy atom. The van der Waals surface area contributed by atoms with Gasteiger partial charge in [0.15, 0.2) is 0 Å². The van der Waals surface area contributed by atoms with Gasteiger partial charge in [-0.25, -0.2) is 4.79 Å². The molecule has 0 aliphatic rings. The molecule has 1 aromatic heterocycles. The van der Waals surface area contributed by atoms with Gasteiger partial charge < -0.3 is 9.47 Å². The van der Waals surface area contributed by atoms with Gasteiger partial charge in [-0.1, -0.05) is 47.4 Å². The van der Waals surface area contributed by atoms with Crippen molar-refractivity contribution in [3.05, 3.63) is 87.2 Å². The van der Waals surface area contributed by atoms with E-state index in [-0.39, 0.29) is 5.56 Å². The highest BCUT2D eigenvalue weighted by Crippen LogP contribution is 2.27. The van der Waals surface area contributed by atoms with E-state index in [0.29, 0.717) is 28.3 Å². The van der Waals surface area contributed by atoms with Gasteiger partial charge in [0, 0.05) is 7.05 Å². The number of methoxy groups -OCH3 is 1. The molecule has 3 aromatic carbocycles. The van der Waals surface area contributed by atoms with Crippen molar-refractivity contribution in [3.63, 3.8) is 0 Å². The summed E-state index contributed by atoms with van der Waals surface area (Å²) in [5.41, 5.74) is 3.10. The molecule has 0 aliphatic carbocycles. The summed E-state index contributed by atoms with van der Waals surface area (Å²) in [6.07, 6.45) is 0. The van der Waals surface area contributed by atoms with E-state index in [4.69, 9.17) is 21.1 Å². The molecule has 4 rings (SSSR count). The second-order valence-electron chi connectivity index (χ2n) is 6.73. The predicted octanol–water partition coefficient (Wildman–Crippen LogP) is 5.29. The summed E-state index contributed by atoms with van der Waals surface area (Å²) < 4.78 is 13.2. The molecule has 0 N–H and O–H groups in total. The number of halogens is 1. The first-order valence-electron chi connectivity index (χ1n) is 9.16. The van der Waals surface area contributed by atoms with Gasteiger partial charge in [0.25, 0.3) is 5.56 Å². The third-order valence-corrected chi connectivity index (χ3v) is 6.05. The summed E-state index contributed by atoms with van der Waals surface area (Å²) in [5, 5.41) is 1.05. The molecule has 0 unspecified atom stereocenters. The van der Waals surface area contributed by atoms with Crippen LogP contribution in [0.15, 0.2) is 65.5 Å². The Morgan fingerprint density at radius 2 is 1.87 bits per heavy atom. The molecule has 0 atom stereocenters. The summed E-state index contributed by atoms with van der Waals surface area (Å²) in [4.78, 5) is 23.9. The fraction of sp³-hybridized carbons (Fsp3) is 0.130. The molecule has 5 nitrogen and oxygen atoms in total. The summed E-state index contributed by atoms with van der Waals surface area (Å²) in [6.45, 7) is 0.374. The van der Waals surface area contributed by atoms with E-state index in [1.807, 2.05) is 42.5 Å². The molecule has 7 heteroatoms. The van der Waals surface area contributed by atoms with Gasteiger partial charge in [0.2, 0.25) is 0 Å². The number of hydrogen-bond donors (Lipinski definition) is 0. The van der Waals surface area contributed by atoms with Crippen LogP contribution in [-0.2, 0) is 18.4 Å². The number of ether oxygens (including phenoxy) is 2. The van der Waals surface area contributed by atoms with E-state index < -0.39 is 5.97 Å². The van der Waals surface area contributed by atoms with Gasteiger partial charge in [0.1, 0.15) is 12.4 Å². The number of aryl methyl sites for hydroxylation is 1. The fourth-order valence-electron chi connectivity index (χ4n) is 3.18. The maximum Gasteiger partial charge on any atom is 0.339 e. The number of benzene rings is 3. The second-order valence-corrected chi connectivity index (χ2v) is 8.30. The quantitative estimate of drug-likeness (QED) is 0.397. The molecule has 1 heterocycles. The first-order chi connectivity index (χ1) is 14.5. The van der Waals surface area contributed by atoms with Crippen LogP contribution in [0, 0.1) is 0 Å². The Morgan fingerprint density at radius 1 is 1.07 bits per heavy atom. The predicted molar refractivity (Wildman–Crippen MR) is 120 cm³/mol. The van der Waals surface area contributed by atoms with Crippen molar-refractivity contribution in [1.29, 1.82) is 0 Å². The van der Waals surface area contributed by atoms with E-state index in [0.717, 1.165) is 21.4 Å². The highest BCUT2D eigenvalue weighted by molar-refractivity contribution is 7.13. The zero-order chi connectivity index (χ0) is 21.3. The lowest BCUT2D eigenvalue weighted by molar-refractivity contribution is 0.0601. The number of aromatic nitrogens is 1. The van der Waals surface area contributed by atoms with Gasteiger partial charge in [-0.05, 0) is 53.1 Å². The summed E-state index contributed by atoms with van der Waals surface area (Å²) in [5.74, 6) is 0.231. The Hall–Kier alpha value is -3.09. The lowest BCUT2D eigenvalue weighted by atomic mass is 10.0. The van der Waals surface area contributed by atoms with Gasteiger partial charge >= 0.3 is 5.97 Å². The second kappa shape index (κ2) is 8.34. The Labute approximate surface area is 182 Å². The van der Waals surface area contributed by atoms with Gasteiger partial charge in [-0.2, -0.15) is 0 Å². The molecule has 0 saturated heterocycles. The van der Waals surface area contributed by atoms with E-state index >= 15 is 0 Å². The maximum atomic E-state index is 12.0. The van der Waals surface area contributed by atoms with E-state index in [9.17, 15) is 9.59 Å². The molecular formula is C23H18ClNO4S. The van der Waals surface area contributed by atoms with Crippen molar-refractivity contribution >= 4 is 39.2 Å². The average Bonchev–Trinajstić information content (AvgIpc) is 3.05. The molecule has 0 saturated carbocycles. The largest absolute Gasteiger partial charge is 0.489 e. The van der Waals surface area contributed by atoms with E-state index in [1.54, 1.807) is 29.2 Å². The molecule has 4 aromatic rings. The van der Waals surface area contributed by atoms with Crippen LogP contribution < -0.4 is 10.3 Å². The minimum absolute atomic E-state index is 0.00328. The molecule has 0 radical (unpaired) electrons. The summed E-state index contributed by atoms with van der Waals surface area (Å²) >= 11 is 7.51. The first kappa shape index (κ1) is 20.2. The van der Waals surface area contributed by atoms with Crippen LogP contribution in [0.3, 0.4) is 0 Å². The number of hydrogen-bond acceptors (Lipinski definition) is 5. The highest BCUT2D eigenvalue weighted by Gasteiger charge is 2.12. The van der Waals surface area contributed by atoms with Crippen molar-refractivity contribution in [2.45, 2.75) is 6.61 Å². The highest BCUT2D eigenvalue weighted by atomic mass is 35.5. The third kappa shape index (κ3) is 3.97. The third-order valence-electron chi connectivity index (χ3n) is 4.74. The van der Waals surface area contributed by atoms with Crippen LogP contribution in [0.4, 0.5) is 0 Å². The normalized spacial score (nSPS) is 10.9. The summed E-state index contributed by atoms with van der Waals surface area (Å²) in [6, 6.07) is 18.6. The molecule has 0 amide bonds. The SMILES string of the molecule is COC(=O)c1cc(-c2cccc(COc3ccc4c(=O)n(C)sc4c3)c2)ccc1Cl. The number of rotatable bonds is 5. The van der Waals surface area contributed by atoms with Crippen LogP contribution in [0.2, 0.25) is 5.02 Å². The Kier molecular flexibility index (Phi) is 5.61. The number of fused-ring (bicyclic) bond motifs is 1. The minimum Gasteiger partial charge on any atom is -0.489 e.